The Hall–Kier alpha value is -0.690. The Morgan fingerprint density at radius 3 is 2.11 bits per heavy atom. The number of likely N-dealkylation sites (N-methyl/N-ethyl adjacent to an activating group) is 1. The molecule has 0 bridgehead atoms. The van der Waals surface area contributed by atoms with Gasteiger partial charge >= 0.3 is 0 Å². The number of rotatable bonds is 11. The van der Waals surface area contributed by atoms with Crippen molar-refractivity contribution in [1.82, 2.24) is 10.2 Å². The van der Waals surface area contributed by atoms with E-state index in [0.717, 1.165) is 13.1 Å². The van der Waals surface area contributed by atoms with Gasteiger partial charge in [-0.2, -0.15) is 0 Å². The van der Waals surface area contributed by atoms with Crippen molar-refractivity contribution >= 4 is 5.91 Å². The van der Waals surface area contributed by atoms with Gasteiger partial charge in [0.1, 0.15) is 0 Å². The second-order valence-electron chi connectivity index (χ2n) is 5.02. The topological polar surface area (TPSA) is 76.8 Å². The van der Waals surface area contributed by atoms with Gasteiger partial charge in [0.15, 0.2) is 0 Å². The Balaban J connectivity index is 4.59. The highest BCUT2D eigenvalue weighted by Gasteiger charge is 2.32. The minimum absolute atomic E-state index is 0.204. The molecule has 114 valence electrons. The maximum atomic E-state index is 11.5. The molecule has 0 aliphatic rings. The average molecular weight is 275 g/mol. The molecule has 0 radical (unpaired) electrons. The van der Waals surface area contributed by atoms with E-state index >= 15 is 0 Å². The van der Waals surface area contributed by atoms with Gasteiger partial charge in [0, 0.05) is 33.4 Å². The maximum Gasteiger partial charge on any atom is 0.237 e. The molecule has 0 aromatic heterocycles. The summed E-state index contributed by atoms with van der Waals surface area (Å²) in [5, 5.41) is 3.01. The first-order chi connectivity index (χ1) is 8.91. The molecule has 0 aliphatic carbocycles. The lowest BCUT2D eigenvalue weighted by molar-refractivity contribution is -0.124. The predicted octanol–water partition coefficient (Wildman–Crippen LogP) is -0.177. The average Bonchev–Trinajstić information content (AvgIpc) is 2.38. The molecule has 2 atom stereocenters. The Labute approximate surface area is 116 Å². The Kier molecular flexibility index (Phi) is 8.92. The van der Waals surface area contributed by atoms with E-state index in [1.807, 2.05) is 6.92 Å². The molecule has 1 amide bonds. The highest BCUT2D eigenvalue weighted by Crippen LogP contribution is 2.15. The number of ether oxygens (including phenoxy) is 2. The fraction of sp³-hybridized carbons (Fsp3) is 0.923. The summed E-state index contributed by atoms with van der Waals surface area (Å²) in [7, 11) is 5.12. The van der Waals surface area contributed by atoms with Crippen LogP contribution in [0.5, 0.6) is 0 Å². The minimum atomic E-state index is -0.697. The number of nitrogens with two attached hydrogens (primary N) is 1. The molecule has 0 heterocycles. The molecular formula is C13H29N3O3. The summed E-state index contributed by atoms with van der Waals surface area (Å²) < 4.78 is 10.2. The SMILES string of the molecule is CNC(C)(CC(C)N(CCOC)CCOC)C(N)=O. The van der Waals surface area contributed by atoms with Gasteiger partial charge in [-0.1, -0.05) is 0 Å². The lowest BCUT2D eigenvalue weighted by Gasteiger charge is -2.35. The van der Waals surface area contributed by atoms with Crippen molar-refractivity contribution in [2.75, 3.05) is 47.6 Å². The number of hydrogen-bond donors (Lipinski definition) is 2. The molecule has 0 rings (SSSR count). The molecule has 0 fully saturated rings. The number of amides is 1. The van der Waals surface area contributed by atoms with E-state index in [1.165, 1.54) is 0 Å². The number of hydrogen-bond acceptors (Lipinski definition) is 5. The van der Waals surface area contributed by atoms with Crippen LogP contribution in [0.1, 0.15) is 20.3 Å². The van der Waals surface area contributed by atoms with E-state index in [2.05, 4.69) is 17.1 Å². The Morgan fingerprint density at radius 2 is 1.79 bits per heavy atom. The summed E-state index contributed by atoms with van der Waals surface area (Å²) in [6.07, 6.45) is 0.645. The quantitative estimate of drug-likeness (QED) is 0.547. The van der Waals surface area contributed by atoms with Crippen molar-refractivity contribution in [2.24, 2.45) is 5.73 Å². The summed E-state index contributed by atoms with van der Waals surface area (Å²) >= 11 is 0. The minimum Gasteiger partial charge on any atom is -0.383 e. The van der Waals surface area contributed by atoms with Gasteiger partial charge in [-0.15, -0.1) is 0 Å². The van der Waals surface area contributed by atoms with Crippen LogP contribution in [-0.2, 0) is 14.3 Å². The fourth-order valence-electron chi connectivity index (χ4n) is 2.02. The van der Waals surface area contributed by atoms with Gasteiger partial charge in [0.2, 0.25) is 5.91 Å². The van der Waals surface area contributed by atoms with Crippen LogP contribution in [0, 0.1) is 0 Å². The molecule has 6 nitrogen and oxygen atoms in total. The van der Waals surface area contributed by atoms with E-state index < -0.39 is 5.54 Å². The van der Waals surface area contributed by atoms with Crippen molar-refractivity contribution in [3.63, 3.8) is 0 Å². The van der Waals surface area contributed by atoms with E-state index in [9.17, 15) is 4.79 Å². The van der Waals surface area contributed by atoms with Crippen molar-refractivity contribution in [3.05, 3.63) is 0 Å². The second kappa shape index (κ2) is 9.25. The monoisotopic (exact) mass is 275 g/mol. The van der Waals surface area contributed by atoms with E-state index in [0.29, 0.717) is 19.6 Å². The van der Waals surface area contributed by atoms with Gasteiger partial charge in [0.05, 0.1) is 18.8 Å². The summed E-state index contributed by atoms with van der Waals surface area (Å²) in [5.74, 6) is -0.333. The van der Waals surface area contributed by atoms with Crippen LogP contribution in [0.4, 0.5) is 0 Å². The zero-order valence-corrected chi connectivity index (χ0v) is 12.9. The third-order valence-electron chi connectivity index (χ3n) is 3.59. The normalized spacial score (nSPS) is 16.3. The van der Waals surface area contributed by atoms with E-state index in [1.54, 1.807) is 21.3 Å². The molecule has 2 unspecified atom stereocenters. The largest absolute Gasteiger partial charge is 0.383 e. The number of carbonyl (C=O) groups is 1. The van der Waals surface area contributed by atoms with Crippen molar-refractivity contribution in [3.8, 4) is 0 Å². The van der Waals surface area contributed by atoms with Crippen LogP contribution in [0.15, 0.2) is 0 Å². The van der Waals surface area contributed by atoms with Crippen LogP contribution in [-0.4, -0.2) is 70.0 Å². The lowest BCUT2D eigenvalue weighted by atomic mass is 9.92. The highest BCUT2D eigenvalue weighted by atomic mass is 16.5. The molecule has 0 spiro atoms. The third-order valence-corrected chi connectivity index (χ3v) is 3.59. The molecule has 19 heavy (non-hydrogen) atoms. The number of nitrogens with zero attached hydrogens (tertiary/aromatic N) is 1. The Morgan fingerprint density at radius 1 is 1.32 bits per heavy atom. The number of methoxy groups -OCH3 is 2. The molecule has 0 saturated heterocycles. The summed E-state index contributed by atoms with van der Waals surface area (Å²) in [5.41, 5.74) is 4.76. The highest BCUT2D eigenvalue weighted by molar-refractivity contribution is 5.84. The lowest BCUT2D eigenvalue weighted by Crippen LogP contribution is -2.55. The van der Waals surface area contributed by atoms with Crippen LogP contribution in [0.3, 0.4) is 0 Å². The Bertz CT molecular complexity index is 256. The molecule has 0 aromatic rings. The summed E-state index contributed by atoms with van der Waals surface area (Å²) in [6.45, 7) is 6.83. The maximum absolute atomic E-state index is 11.5. The van der Waals surface area contributed by atoms with E-state index in [-0.39, 0.29) is 11.9 Å². The predicted molar refractivity (Wildman–Crippen MR) is 76.1 cm³/mol. The first-order valence-corrected chi connectivity index (χ1v) is 6.62. The molecule has 6 heteroatoms. The van der Waals surface area contributed by atoms with Crippen molar-refractivity contribution in [2.45, 2.75) is 31.8 Å². The summed E-state index contributed by atoms with van der Waals surface area (Å²) in [4.78, 5) is 13.8. The number of nitrogens with one attached hydrogen (secondary N) is 1. The second-order valence-corrected chi connectivity index (χ2v) is 5.02. The third kappa shape index (κ3) is 6.33. The van der Waals surface area contributed by atoms with Crippen LogP contribution >= 0.6 is 0 Å². The fourth-order valence-corrected chi connectivity index (χ4v) is 2.02. The smallest absolute Gasteiger partial charge is 0.237 e. The van der Waals surface area contributed by atoms with Crippen molar-refractivity contribution in [1.29, 1.82) is 0 Å². The van der Waals surface area contributed by atoms with Crippen LogP contribution in [0.2, 0.25) is 0 Å². The van der Waals surface area contributed by atoms with Gasteiger partial charge in [-0.05, 0) is 27.3 Å². The van der Waals surface area contributed by atoms with Crippen LogP contribution in [0.25, 0.3) is 0 Å². The van der Waals surface area contributed by atoms with Gasteiger partial charge in [0.25, 0.3) is 0 Å². The van der Waals surface area contributed by atoms with E-state index in [4.69, 9.17) is 15.2 Å². The first-order valence-electron chi connectivity index (χ1n) is 6.62. The van der Waals surface area contributed by atoms with Gasteiger partial charge in [-0.25, -0.2) is 0 Å². The van der Waals surface area contributed by atoms with Gasteiger partial charge < -0.3 is 20.5 Å². The van der Waals surface area contributed by atoms with Crippen molar-refractivity contribution < 1.29 is 14.3 Å². The molecule has 0 saturated carbocycles. The first kappa shape index (κ1) is 18.3. The molecule has 3 N–H and O–H groups in total. The zero-order chi connectivity index (χ0) is 14.9. The number of carbonyl (C=O) groups excluding carboxylic acids is 1. The zero-order valence-electron chi connectivity index (χ0n) is 12.9. The number of primary amides is 1. The standard InChI is InChI=1S/C13H29N3O3/c1-11(10-13(2,15-3)12(14)17)16(6-8-18-4)7-9-19-5/h11,15H,6-10H2,1-5H3,(H2,14,17). The molecular weight excluding hydrogens is 246 g/mol. The molecule has 0 aliphatic heterocycles. The van der Waals surface area contributed by atoms with Crippen LogP contribution < -0.4 is 11.1 Å². The molecule has 0 aromatic carbocycles. The van der Waals surface area contributed by atoms with Gasteiger partial charge in [-0.3, -0.25) is 9.69 Å². The summed E-state index contributed by atoms with van der Waals surface area (Å²) in [6, 6.07) is 0.204.